The van der Waals surface area contributed by atoms with Crippen molar-refractivity contribution >= 4 is 27.6 Å². The van der Waals surface area contributed by atoms with Crippen LogP contribution in [0.3, 0.4) is 0 Å². The van der Waals surface area contributed by atoms with Crippen LogP contribution in [0.2, 0.25) is 0 Å². The van der Waals surface area contributed by atoms with Gasteiger partial charge in [0, 0.05) is 52.5 Å². The Morgan fingerprint density at radius 2 is 1.83 bits per heavy atom. The number of aromatic nitrogens is 3. The van der Waals surface area contributed by atoms with Crippen molar-refractivity contribution in [1.29, 1.82) is 0 Å². The third-order valence-corrected chi connectivity index (χ3v) is 7.23. The number of carboxylic acids is 1. The van der Waals surface area contributed by atoms with Crippen molar-refractivity contribution in [3.05, 3.63) is 83.6 Å². The Labute approximate surface area is 234 Å². The van der Waals surface area contributed by atoms with Crippen LogP contribution in [0.5, 0.6) is 5.75 Å². The van der Waals surface area contributed by atoms with E-state index in [0.29, 0.717) is 46.5 Å². The second kappa shape index (κ2) is 9.85. The van der Waals surface area contributed by atoms with Gasteiger partial charge in [-0.1, -0.05) is 0 Å². The molecule has 0 fully saturated rings. The summed E-state index contributed by atoms with van der Waals surface area (Å²) in [5, 5.41) is 11.5. The van der Waals surface area contributed by atoms with E-state index < -0.39 is 29.3 Å². The third-order valence-electron chi connectivity index (χ3n) is 7.23. The maximum Gasteiger partial charge on any atom is 0.337 e. The number of carbonyl (C=O) groups is 1. The molecule has 6 rings (SSSR count). The number of pyridine rings is 1. The van der Waals surface area contributed by atoms with Gasteiger partial charge in [-0.15, -0.1) is 0 Å². The Bertz CT molecular complexity index is 1840. The molecule has 0 spiro atoms. The van der Waals surface area contributed by atoms with E-state index in [1.165, 1.54) is 24.8 Å². The molecule has 0 amide bonds. The van der Waals surface area contributed by atoms with Crippen LogP contribution in [0.15, 0.2) is 55.2 Å². The van der Waals surface area contributed by atoms with Gasteiger partial charge in [-0.2, -0.15) is 0 Å². The molecule has 208 valence electrons. The molecule has 7 nitrogen and oxygen atoms in total. The molecule has 41 heavy (non-hydrogen) atoms. The number of nitrogens with zero attached hydrogens (tertiary/aromatic N) is 3. The van der Waals surface area contributed by atoms with Crippen LogP contribution in [0.25, 0.3) is 43.9 Å². The van der Waals surface area contributed by atoms with Gasteiger partial charge in [-0.05, 0) is 80.1 Å². The zero-order chi connectivity index (χ0) is 29.1. The average Bonchev–Trinajstić information content (AvgIpc) is 2.93. The molecule has 0 saturated carbocycles. The molecule has 2 aromatic heterocycles. The molecule has 3 heterocycles. The summed E-state index contributed by atoms with van der Waals surface area (Å²) < 4.78 is 44.1. The van der Waals surface area contributed by atoms with Crippen LogP contribution in [-0.4, -0.2) is 38.2 Å². The van der Waals surface area contributed by atoms with Gasteiger partial charge in [0.1, 0.15) is 23.7 Å². The van der Waals surface area contributed by atoms with Crippen molar-refractivity contribution < 1.29 is 28.2 Å². The number of rotatable bonds is 5. The Morgan fingerprint density at radius 3 is 2.54 bits per heavy atom. The highest BCUT2D eigenvalue weighted by molar-refractivity contribution is 6.09. The lowest BCUT2D eigenvalue weighted by molar-refractivity contribution is -0.160. The normalized spacial score (nSPS) is 13.8. The minimum atomic E-state index is -1.43. The zero-order valence-electron chi connectivity index (χ0n) is 23.0. The number of carboxylic acid groups (broad SMARTS) is 1. The van der Waals surface area contributed by atoms with Crippen LogP contribution in [0.4, 0.5) is 8.78 Å². The van der Waals surface area contributed by atoms with Crippen molar-refractivity contribution in [2.45, 2.75) is 45.8 Å². The van der Waals surface area contributed by atoms with E-state index in [2.05, 4.69) is 15.0 Å². The summed E-state index contributed by atoms with van der Waals surface area (Å²) in [6.45, 7) is 7.50. The summed E-state index contributed by atoms with van der Waals surface area (Å²) in [5.41, 5.74) is 2.31. The van der Waals surface area contributed by atoms with Crippen molar-refractivity contribution in [2.75, 3.05) is 6.61 Å². The third kappa shape index (κ3) is 4.56. The first-order valence-corrected chi connectivity index (χ1v) is 13.2. The molecule has 3 aromatic carbocycles. The van der Waals surface area contributed by atoms with E-state index in [1.807, 2.05) is 6.07 Å². The lowest BCUT2D eigenvalue weighted by Crippen LogP contribution is -2.28. The molecule has 5 aromatic rings. The van der Waals surface area contributed by atoms with Gasteiger partial charge in [0.25, 0.3) is 0 Å². The van der Waals surface area contributed by atoms with E-state index in [9.17, 15) is 9.90 Å². The summed E-state index contributed by atoms with van der Waals surface area (Å²) in [6.07, 6.45) is 4.90. The number of aliphatic carboxylic acids is 1. The van der Waals surface area contributed by atoms with Crippen LogP contribution in [0, 0.1) is 18.6 Å². The quantitative estimate of drug-likeness (QED) is 0.250. The van der Waals surface area contributed by atoms with Crippen molar-refractivity contribution in [1.82, 2.24) is 15.0 Å². The highest BCUT2D eigenvalue weighted by Gasteiger charge is 2.33. The van der Waals surface area contributed by atoms with Crippen molar-refractivity contribution in [3.8, 4) is 28.0 Å². The first-order chi connectivity index (χ1) is 19.5. The van der Waals surface area contributed by atoms with Crippen LogP contribution < -0.4 is 4.74 Å². The number of ether oxygens (including phenoxy) is 2. The fourth-order valence-corrected chi connectivity index (χ4v) is 5.63. The fourth-order valence-electron chi connectivity index (χ4n) is 5.63. The van der Waals surface area contributed by atoms with Gasteiger partial charge < -0.3 is 14.6 Å². The monoisotopic (exact) mass is 555 g/mol. The van der Waals surface area contributed by atoms with Gasteiger partial charge >= 0.3 is 5.97 Å². The maximum absolute atomic E-state index is 16.3. The number of hydrogen-bond donors (Lipinski definition) is 1. The highest BCUT2D eigenvalue weighted by Crippen LogP contribution is 2.46. The summed E-state index contributed by atoms with van der Waals surface area (Å²) in [4.78, 5) is 25.2. The summed E-state index contributed by atoms with van der Waals surface area (Å²) in [5.74, 6) is -2.19. The minimum absolute atomic E-state index is 0.123. The molecule has 1 aliphatic rings. The van der Waals surface area contributed by atoms with Crippen molar-refractivity contribution in [3.63, 3.8) is 0 Å². The van der Waals surface area contributed by atoms with E-state index in [1.54, 1.807) is 52.1 Å². The molecule has 9 heteroatoms. The second-order valence-electron chi connectivity index (χ2n) is 11.1. The maximum atomic E-state index is 16.3. The topological polar surface area (TPSA) is 94.4 Å². The van der Waals surface area contributed by atoms with Crippen LogP contribution >= 0.6 is 0 Å². The molecule has 0 bridgehead atoms. The Hall–Kier alpha value is -4.50. The SMILES string of the molecule is Cc1cc2c(F)c(-c3cncnc3)c(F)cc2c(-c2ccc3c4c(ccnc24)CCO3)c1C(OC(C)(C)C)C(=O)O. The van der Waals surface area contributed by atoms with E-state index in [4.69, 9.17) is 9.47 Å². The van der Waals surface area contributed by atoms with Gasteiger partial charge in [0.15, 0.2) is 6.10 Å². The number of halogens is 2. The Balaban J connectivity index is 1.77. The fraction of sp³-hybridized carbons (Fsp3) is 0.250. The number of benzene rings is 3. The minimum Gasteiger partial charge on any atom is -0.493 e. The molecule has 1 N–H and O–H groups in total. The predicted octanol–water partition coefficient (Wildman–Crippen LogP) is 6.97. The lowest BCUT2D eigenvalue weighted by Gasteiger charge is -2.29. The van der Waals surface area contributed by atoms with E-state index in [0.717, 1.165) is 10.9 Å². The summed E-state index contributed by atoms with van der Waals surface area (Å²) in [7, 11) is 0. The smallest absolute Gasteiger partial charge is 0.337 e. The molecule has 0 radical (unpaired) electrons. The van der Waals surface area contributed by atoms with Gasteiger partial charge in [-0.3, -0.25) is 4.98 Å². The van der Waals surface area contributed by atoms with Gasteiger partial charge in [0.05, 0.1) is 23.3 Å². The number of hydrogen-bond acceptors (Lipinski definition) is 6. The first kappa shape index (κ1) is 26.7. The number of fused-ring (bicyclic) bond motifs is 1. The lowest BCUT2D eigenvalue weighted by atomic mass is 9.84. The summed E-state index contributed by atoms with van der Waals surface area (Å²) in [6, 6.07) is 8.26. The standard InChI is InChI=1S/C32H27F2N3O4/c1-16-11-21-20(12-22(33)25(28(21)34)18-13-35-15-36-14-18)27(24(16)30(31(38)39)41-32(2,3)4)19-5-6-23-26-17(8-10-40-23)7-9-37-29(19)26/h5-7,9,11-15,30H,8,10H2,1-4H3,(H,38,39). The Morgan fingerprint density at radius 1 is 1.07 bits per heavy atom. The molecule has 0 saturated heterocycles. The molecular weight excluding hydrogens is 528 g/mol. The average molecular weight is 556 g/mol. The molecular formula is C32H27F2N3O4. The summed E-state index contributed by atoms with van der Waals surface area (Å²) >= 11 is 0. The van der Waals surface area contributed by atoms with Crippen LogP contribution in [-0.2, 0) is 16.0 Å². The highest BCUT2D eigenvalue weighted by atomic mass is 19.1. The van der Waals surface area contributed by atoms with Gasteiger partial charge in [0.2, 0.25) is 0 Å². The molecule has 1 unspecified atom stereocenters. The second-order valence-corrected chi connectivity index (χ2v) is 11.1. The van der Waals surface area contributed by atoms with Crippen molar-refractivity contribution in [2.24, 2.45) is 0 Å². The predicted molar refractivity (Wildman–Crippen MR) is 151 cm³/mol. The number of aryl methyl sites for hydroxylation is 1. The van der Waals surface area contributed by atoms with E-state index in [-0.39, 0.29) is 21.9 Å². The van der Waals surface area contributed by atoms with E-state index >= 15 is 8.78 Å². The Kier molecular flexibility index (Phi) is 6.42. The zero-order valence-corrected chi connectivity index (χ0v) is 23.0. The van der Waals surface area contributed by atoms with Crippen LogP contribution in [0.1, 0.15) is 43.6 Å². The van der Waals surface area contributed by atoms with Gasteiger partial charge in [-0.25, -0.2) is 23.5 Å². The largest absolute Gasteiger partial charge is 0.493 e. The molecule has 1 aliphatic heterocycles. The molecule has 0 aliphatic carbocycles. The molecule has 1 atom stereocenters. The first-order valence-electron chi connectivity index (χ1n) is 13.2.